The molecule has 3 aromatic rings. The summed E-state index contributed by atoms with van der Waals surface area (Å²) in [5.41, 5.74) is 2.42. The highest BCUT2D eigenvalue weighted by Gasteiger charge is 2.29. The van der Waals surface area contributed by atoms with Crippen LogP contribution in [0.3, 0.4) is 0 Å². The Morgan fingerprint density at radius 1 is 1.00 bits per heavy atom. The number of anilines is 2. The van der Waals surface area contributed by atoms with Gasteiger partial charge in [-0.1, -0.05) is 54.4 Å². The van der Waals surface area contributed by atoms with Crippen LogP contribution in [0.15, 0.2) is 71.6 Å². The van der Waals surface area contributed by atoms with Gasteiger partial charge in [-0.2, -0.15) is 0 Å². The first-order valence-electron chi connectivity index (χ1n) is 11.6. The van der Waals surface area contributed by atoms with Crippen molar-refractivity contribution in [3.05, 3.63) is 88.4 Å². The molecule has 0 aliphatic rings. The maximum Gasteiger partial charge on any atom is 0.264 e. The number of carbonyl (C=O) groups is 2. The molecule has 2 amide bonds. The van der Waals surface area contributed by atoms with Gasteiger partial charge in [0.2, 0.25) is 5.91 Å². The molecule has 0 heterocycles. The van der Waals surface area contributed by atoms with Gasteiger partial charge in [-0.3, -0.25) is 13.9 Å². The summed E-state index contributed by atoms with van der Waals surface area (Å²) in [6.07, 6.45) is 0.755. The number of benzene rings is 3. The molecule has 190 valence electrons. The summed E-state index contributed by atoms with van der Waals surface area (Å²) in [6.45, 7) is 6.94. The third kappa shape index (κ3) is 6.44. The normalized spacial score (nSPS) is 12.0. The molecule has 0 saturated heterocycles. The number of nitrogens with one attached hydrogen (secondary N) is 2. The van der Waals surface area contributed by atoms with Gasteiger partial charge in [0, 0.05) is 11.1 Å². The Bertz CT molecular complexity index is 1360. The standard InChI is InChI=1S/C27H30ClN3O4S/c1-5-20(4)29-27(33)23-8-6-7-9-24(23)30-26(32)17-31(25-16-21(28)13-12-19(25)3)36(34,35)22-14-10-18(2)11-15-22/h6-16,20H,5,17H2,1-4H3,(H,29,33)(H,30,32)/t20-/m0/s1. The van der Waals surface area contributed by atoms with Crippen molar-refractivity contribution in [3.63, 3.8) is 0 Å². The minimum Gasteiger partial charge on any atom is -0.350 e. The van der Waals surface area contributed by atoms with Crippen LogP contribution < -0.4 is 14.9 Å². The lowest BCUT2D eigenvalue weighted by atomic mass is 10.1. The van der Waals surface area contributed by atoms with Crippen molar-refractivity contribution in [1.29, 1.82) is 0 Å². The summed E-state index contributed by atoms with van der Waals surface area (Å²) >= 11 is 6.19. The Balaban J connectivity index is 1.96. The summed E-state index contributed by atoms with van der Waals surface area (Å²) in [7, 11) is -4.11. The molecule has 9 heteroatoms. The van der Waals surface area contributed by atoms with Crippen LogP contribution in [0.5, 0.6) is 0 Å². The second kappa shape index (κ2) is 11.6. The van der Waals surface area contributed by atoms with E-state index in [1.807, 2.05) is 20.8 Å². The van der Waals surface area contributed by atoms with Crippen molar-refractivity contribution >= 4 is 44.8 Å². The van der Waals surface area contributed by atoms with Crippen LogP contribution in [0, 0.1) is 13.8 Å². The third-order valence-corrected chi connectivity index (χ3v) is 7.78. The van der Waals surface area contributed by atoms with Gasteiger partial charge in [-0.05, 0) is 69.2 Å². The number of rotatable bonds is 9. The molecule has 0 radical (unpaired) electrons. The molecule has 0 aromatic heterocycles. The molecule has 1 atom stereocenters. The number of aryl methyl sites for hydroxylation is 2. The van der Waals surface area contributed by atoms with Gasteiger partial charge in [-0.15, -0.1) is 0 Å². The first-order valence-corrected chi connectivity index (χ1v) is 13.4. The average Bonchev–Trinajstić information content (AvgIpc) is 2.84. The Labute approximate surface area is 217 Å². The summed E-state index contributed by atoms with van der Waals surface area (Å²) in [4.78, 5) is 26.0. The van der Waals surface area contributed by atoms with Gasteiger partial charge < -0.3 is 10.6 Å². The second-order valence-electron chi connectivity index (χ2n) is 8.63. The highest BCUT2D eigenvalue weighted by molar-refractivity contribution is 7.92. The molecule has 7 nitrogen and oxygen atoms in total. The number of hydrogen-bond donors (Lipinski definition) is 2. The number of nitrogens with zero attached hydrogens (tertiary/aromatic N) is 1. The van der Waals surface area contributed by atoms with Crippen LogP contribution in [0.4, 0.5) is 11.4 Å². The van der Waals surface area contributed by atoms with Crippen LogP contribution >= 0.6 is 11.6 Å². The SMILES string of the molecule is CC[C@H](C)NC(=O)c1ccccc1NC(=O)CN(c1cc(Cl)ccc1C)S(=O)(=O)c1ccc(C)cc1. The number of carbonyl (C=O) groups excluding carboxylic acids is 2. The number of halogens is 1. The Morgan fingerprint density at radius 2 is 1.67 bits per heavy atom. The largest absolute Gasteiger partial charge is 0.350 e. The maximum absolute atomic E-state index is 13.7. The van der Waals surface area contributed by atoms with Crippen molar-refractivity contribution < 1.29 is 18.0 Å². The van der Waals surface area contributed by atoms with Crippen molar-refractivity contribution in [2.24, 2.45) is 0 Å². The average molecular weight is 528 g/mol. The van der Waals surface area contributed by atoms with Gasteiger partial charge in [0.15, 0.2) is 0 Å². The van der Waals surface area contributed by atoms with Crippen molar-refractivity contribution in [3.8, 4) is 0 Å². The Kier molecular flexibility index (Phi) is 8.76. The maximum atomic E-state index is 13.7. The molecule has 0 saturated carbocycles. The van der Waals surface area contributed by atoms with Crippen molar-refractivity contribution in [1.82, 2.24) is 5.32 Å². The zero-order valence-electron chi connectivity index (χ0n) is 20.7. The van der Waals surface area contributed by atoms with E-state index in [0.717, 1.165) is 16.3 Å². The molecule has 3 rings (SSSR count). The molecule has 0 unspecified atom stereocenters. The van der Waals surface area contributed by atoms with E-state index in [2.05, 4.69) is 10.6 Å². The lowest BCUT2D eigenvalue weighted by Gasteiger charge is -2.26. The quantitative estimate of drug-likeness (QED) is 0.393. The number of amides is 2. The van der Waals surface area contributed by atoms with E-state index < -0.39 is 22.5 Å². The van der Waals surface area contributed by atoms with E-state index in [1.54, 1.807) is 55.5 Å². The molecule has 3 aromatic carbocycles. The number of sulfonamides is 1. The van der Waals surface area contributed by atoms with E-state index in [9.17, 15) is 18.0 Å². The van der Waals surface area contributed by atoms with Gasteiger partial charge in [0.1, 0.15) is 6.54 Å². The zero-order valence-corrected chi connectivity index (χ0v) is 22.3. The van der Waals surface area contributed by atoms with Crippen LogP contribution in [-0.4, -0.2) is 32.8 Å². The zero-order chi connectivity index (χ0) is 26.5. The van der Waals surface area contributed by atoms with Crippen LogP contribution in [0.2, 0.25) is 5.02 Å². The van der Waals surface area contributed by atoms with E-state index >= 15 is 0 Å². The molecular formula is C27H30ClN3O4S. The summed E-state index contributed by atoms with van der Waals surface area (Å²) in [6, 6.07) is 17.8. The van der Waals surface area contributed by atoms with Crippen LogP contribution in [0.1, 0.15) is 41.8 Å². The summed E-state index contributed by atoms with van der Waals surface area (Å²) in [5, 5.41) is 5.93. The Morgan fingerprint density at radius 3 is 2.33 bits per heavy atom. The second-order valence-corrected chi connectivity index (χ2v) is 10.9. The lowest BCUT2D eigenvalue weighted by molar-refractivity contribution is -0.114. The van der Waals surface area contributed by atoms with E-state index in [4.69, 9.17) is 11.6 Å². The highest BCUT2D eigenvalue weighted by Crippen LogP contribution is 2.30. The van der Waals surface area contributed by atoms with Crippen LogP contribution in [0.25, 0.3) is 0 Å². The van der Waals surface area contributed by atoms with Crippen LogP contribution in [-0.2, 0) is 14.8 Å². The first kappa shape index (κ1) is 27.2. The number of hydrogen-bond acceptors (Lipinski definition) is 4. The van der Waals surface area contributed by atoms with Gasteiger partial charge in [-0.25, -0.2) is 8.42 Å². The van der Waals surface area contributed by atoms with Crippen molar-refractivity contribution in [2.45, 2.75) is 45.1 Å². The summed E-state index contributed by atoms with van der Waals surface area (Å²) < 4.78 is 28.4. The minimum atomic E-state index is -4.11. The monoisotopic (exact) mass is 527 g/mol. The molecule has 0 fully saturated rings. The fraction of sp³-hybridized carbons (Fsp3) is 0.259. The van der Waals surface area contributed by atoms with E-state index in [0.29, 0.717) is 22.0 Å². The van der Waals surface area contributed by atoms with Gasteiger partial charge in [0.05, 0.1) is 21.8 Å². The third-order valence-electron chi connectivity index (χ3n) is 5.77. The lowest BCUT2D eigenvalue weighted by Crippen LogP contribution is -2.39. The summed E-state index contributed by atoms with van der Waals surface area (Å²) in [5.74, 6) is -0.927. The molecular weight excluding hydrogens is 498 g/mol. The molecule has 0 bridgehead atoms. The predicted octanol–water partition coefficient (Wildman–Crippen LogP) is 5.32. The number of para-hydroxylation sites is 1. The fourth-order valence-electron chi connectivity index (χ4n) is 3.50. The molecule has 36 heavy (non-hydrogen) atoms. The first-order chi connectivity index (χ1) is 17.0. The molecule has 2 N–H and O–H groups in total. The van der Waals surface area contributed by atoms with E-state index in [-0.39, 0.29) is 22.4 Å². The van der Waals surface area contributed by atoms with Gasteiger partial charge in [0.25, 0.3) is 15.9 Å². The topological polar surface area (TPSA) is 95.6 Å². The highest BCUT2D eigenvalue weighted by atomic mass is 35.5. The van der Waals surface area contributed by atoms with Gasteiger partial charge >= 0.3 is 0 Å². The molecule has 0 aliphatic carbocycles. The molecule has 0 aliphatic heterocycles. The van der Waals surface area contributed by atoms with E-state index in [1.165, 1.54) is 18.2 Å². The van der Waals surface area contributed by atoms with Crippen molar-refractivity contribution in [2.75, 3.05) is 16.2 Å². The molecule has 0 spiro atoms. The fourth-order valence-corrected chi connectivity index (χ4v) is 5.15. The predicted molar refractivity (Wildman–Crippen MR) is 144 cm³/mol. The Hall–Kier alpha value is -3.36. The smallest absolute Gasteiger partial charge is 0.264 e. The minimum absolute atomic E-state index is 0.0396.